The Kier molecular flexibility index (Phi) is 4.33. The fourth-order valence-corrected chi connectivity index (χ4v) is 2.52. The van der Waals surface area contributed by atoms with Crippen LogP contribution < -0.4 is 11.1 Å². The molecule has 24 heavy (non-hydrogen) atoms. The van der Waals surface area contributed by atoms with Crippen LogP contribution in [0.3, 0.4) is 0 Å². The van der Waals surface area contributed by atoms with Gasteiger partial charge >= 0.3 is 0 Å². The van der Waals surface area contributed by atoms with E-state index in [1.807, 2.05) is 68.4 Å². The molecule has 1 amide bonds. The van der Waals surface area contributed by atoms with Crippen LogP contribution in [0.15, 0.2) is 60.8 Å². The predicted molar refractivity (Wildman–Crippen MR) is 95.0 cm³/mol. The smallest absolute Gasteiger partial charge is 0.257 e. The first-order chi connectivity index (χ1) is 11.6. The van der Waals surface area contributed by atoms with Gasteiger partial charge in [0, 0.05) is 0 Å². The third kappa shape index (κ3) is 3.15. The molecule has 122 valence electrons. The minimum Gasteiger partial charge on any atom is -0.383 e. The SMILES string of the molecule is Cc1ccc(-n2ncc(C(=O)N[C@@H](C)c3ccccc3)c2N)cc1. The summed E-state index contributed by atoms with van der Waals surface area (Å²) >= 11 is 0. The van der Waals surface area contributed by atoms with Crippen LogP contribution in [-0.4, -0.2) is 15.7 Å². The van der Waals surface area contributed by atoms with Gasteiger partial charge in [0.2, 0.25) is 0 Å². The predicted octanol–water partition coefficient (Wildman–Crippen LogP) is 3.25. The van der Waals surface area contributed by atoms with Crippen LogP contribution in [0, 0.1) is 6.92 Å². The maximum Gasteiger partial charge on any atom is 0.257 e. The molecule has 1 atom stereocenters. The molecule has 5 nitrogen and oxygen atoms in total. The zero-order valence-corrected chi connectivity index (χ0v) is 13.7. The lowest BCUT2D eigenvalue weighted by Gasteiger charge is -2.14. The molecule has 0 fully saturated rings. The van der Waals surface area contributed by atoms with Gasteiger partial charge in [-0.2, -0.15) is 5.10 Å². The van der Waals surface area contributed by atoms with Crippen LogP contribution in [0.1, 0.15) is 34.5 Å². The van der Waals surface area contributed by atoms with Gasteiger partial charge in [0.05, 0.1) is 17.9 Å². The summed E-state index contributed by atoms with van der Waals surface area (Å²) < 4.78 is 1.57. The number of benzene rings is 2. The number of aryl methyl sites for hydroxylation is 1. The minimum atomic E-state index is -0.234. The van der Waals surface area contributed by atoms with Crippen LogP contribution in [0.2, 0.25) is 0 Å². The first kappa shape index (κ1) is 15.8. The molecule has 0 unspecified atom stereocenters. The van der Waals surface area contributed by atoms with Gasteiger partial charge in [0.15, 0.2) is 0 Å². The minimum absolute atomic E-state index is 0.110. The molecule has 1 heterocycles. The highest BCUT2D eigenvalue weighted by Crippen LogP contribution is 2.19. The average molecular weight is 320 g/mol. The molecule has 0 aliphatic heterocycles. The second kappa shape index (κ2) is 6.58. The van der Waals surface area contributed by atoms with Crippen LogP contribution in [0.4, 0.5) is 5.82 Å². The van der Waals surface area contributed by atoms with E-state index in [1.54, 1.807) is 4.68 Å². The second-order valence-electron chi connectivity index (χ2n) is 5.80. The normalized spacial score (nSPS) is 11.9. The number of hydrogen-bond donors (Lipinski definition) is 2. The first-order valence-corrected chi connectivity index (χ1v) is 7.82. The maximum atomic E-state index is 12.5. The topological polar surface area (TPSA) is 72.9 Å². The van der Waals surface area contributed by atoms with Crippen molar-refractivity contribution in [3.63, 3.8) is 0 Å². The van der Waals surface area contributed by atoms with Crippen molar-refractivity contribution in [2.45, 2.75) is 19.9 Å². The van der Waals surface area contributed by atoms with E-state index in [9.17, 15) is 4.79 Å². The number of nitrogens with two attached hydrogens (primary N) is 1. The highest BCUT2D eigenvalue weighted by atomic mass is 16.1. The zero-order chi connectivity index (χ0) is 17.1. The number of carbonyl (C=O) groups is 1. The summed E-state index contributed by atoms with van der Waals surface area (Å²) in [6.07, 6.45) is 1.50. The van der Waals surface area contributed by atoms with Crippen molar-refractivity contribution in [1.29, 1.82) is 0 Å². The summed E-state index contributed by atoms with van der Waals surface area (Å²) in [6.45, 7) is 3.95. The molecule has 3 N–H and O–H groups in total. The number of nitrogens with zero attached hydrogens (tertiary/aromatic N) is 2. The third-order valence-electron chi connectivity index (χ3n) is 3.98. The Morgan fingerprint density at radius 1 is 1.12 bits per heavy atom. The van der Waals surface area contributed by atoms with E-state index in [0.29, 0.717) is 11.4 Å². The van der Waals surface area contributed by atoms with Crippen molar-refractivity contribution in [1.82, 2.24) is 15.1 Å². The van der Waals surface area contributed by atoms with Crippen LogP contribution >= 0.6 is 0 Å². The number of amides is 1. The summed E-state index contributed by atoms with van der Waals surface area (Å²) in [5.41, 5.74) is 9.52. The van der Waals surface area contributed by atoms with Crippen molar-refractivity contribution >= 4 is 11.7 Å². The van der Waals surface area contributed by atoms with Gasteiger partial charge < -0.3 is 11.1 Å². The molecule has 2 aromatic carbocycles. The average Bonchev–Trinajstić information content (AvgIpc) is 2.98. The lowest BCUT2D eigenvalue weighted by atomic mass is 10.1. The molecule has 1 aromatic heterocycles. The molecule has 0 spiro atoms. The number of rotatable bonds is 4. The molecule has 3 aromatic rings. The highest BCUT2D eigenvalue weighted by molar-refractivity contribution is 5.98. The van der Waals surface area contributed by atoms with E-state index in [4.69, 9.17) is 5.73 Å². The van der Waals surface area contributed by atoms with Gasteiger partial charge in [-0.15, -0.1) is 0 Å². The Morgan fingerprint density at radius 3 is 2.46 bits per heavy atom. The number of hydrogen-bond acceptors (Lipinski definition) is 3. The molecule has 0 bridgehead atoms. The second-order valence-corrected chi connectivity index (χ2v) is 5.80. The summed E-state index contributed by atoms with van der Waals surface area (Å²) in [5, 5.41) is 7.20. The summed E-state index contributed by atoms with van der Waals surface area (Å²) in [5.74, 6) is 0.0961. The zero-order valence-electron chi connectivity index (χ0n) is 13.7. The number of aromatic nitrogens is 2. The molecule has 0 saturated heterocycles. The van der Waals surface area contributed by atoms with Crippen molar-refractivity contribution in [2.75, 3.05) is 5.73 Å². The van der Waals surface area contributed by atoms with Crippen LogP contribution in [0.5, 0.6) is 0 Å². The number of nitrogens with one attached hydrogen (secondary N) is 1. The first-order valence-electron chi connectivity index (χ1n) is 7.82. The molecular weight excluding hydrogens is 300 g/mol. The number of carbonyl (C=O) groups excluding carboxylic acids is 1. The van der Waals surface area contributed by atoms with Crippen molar-refractivity contribution in [3.8, 4) is 5.69 Å². The largest absolute Gasteiger partial charge is 0.383 e. The number of anilines is 1. The molecule has 0 aliphatic carbocycles. The van der Waals surface area contributed by atoms with E-state index in [0.717, 1.165) is 16.8 Å². The molecule has 0 saturated carbocycles. The van der Waals surface area contributed by atoms with Crippen molar-refractivity contribution in [3.05, 3.63) is 77.5 Å². The fraction of sp³-hybridized carbons (Fsp3) is 0.158. The van der Waals surface area contributed by atoms with E-state index in [-0.39, 0.29) is 11.9 Å². The third-order valence-corrected chi connectivity index (χ3v) is 3.98. The summed E-state index contributed by atoms with van der Waals surface area (Å²) in [6, 6.07) is 17.5. The summed E-state index contributed by atoms with van der Waals surface area (Å²) in [7, 11) is 0. The molecular formula is C19H20N4O. The highest BCUT2D eigenvalue weighted by Gasteiger charge is 2.18. The van der Waals surface area contributed by atoms with E-state index >= 15 is 0 Å². The summed E-state index contributed by atoms with van der Waals surface area (Å²) in [4.78, 5) is 12.5. The number of nitrogen functional groups attached to an aromatic ring is 1. The van der Waals surface area contributed by atoms with Gasteiger partial charge in [-0.25, -0.2) is 4.68 Å². The molecule has 5 heteroatoms. The quantitative estimate of drug-likeness (QED) is 0.775. The van der Waals surface area contributed by atoms with Crippen LogP contribution in [-0.2, 0) is 0 Å². The monoisotopic (exact) mass is 320 g/mol. The molecule has 0 radical (unpaired) electrons. The Morgan fingerprint density at radius 2 is 1.79 bits per heavy atom. The van der Waals surface area contributed by atoms with Gasteiger partial charge in [-0.3, -0.25) is 4.79 Å². The Balaban J connectivity index is 1.80. The van der Waals surface area contributed by atoms with Crippen molar-refractivity contribution in [2.24, 2.45) is 0 Å². The maximum absolute atomic E-state index is 12.5. The lowest BCUT2D eigenvalue weighted by molar-refractivity contribution is 0.0941. The Labute approximate surface area is 141 Å². The van der Waals surface area contributed by atoms with E-state index in [2.05, 4.69) is 10.4 Å². The standard InChI is InChI=1S/C19H20N4O/c1-13-8-10-16(11-9-13)23-18(20)17(12-21-23)19(24)22-14(2)15-6-4-3-5-7-15/h3-12,14H,20H2,1-2H3,(H,22,24)/t14-/m0/s1. The van der Waals surface area contributed by atoms with Gasteiger partial charge in [0.1, 0.15) is 11.4 Å². The van der Waals surface area contributed by atoms with Gasteiger partial charge in [-0.05, 0) is 31.5 Å². The fourth-order valence-electron chi connectivity index (χ4n) is 2.52. The van der Waals surface area contributed by atoms with Gasteiger partial charge in [-0.1, -0.05) is 48.0 Å². The molecule has 0 aliphatic rings. The Hall–Kier alpha value is -3.08. The molecule has 3 rings (SSSR count). The van der Waals surface area contributed by atoms with E-state index in [1.165, 1.54) is 6.20 Å². The van der Waals surface area contributed by atoms with E-state index < -0.39 is 0 Å². The van der Waals surface area contributed by atoms with Gasteiger partial charge in [0.25, 0.3) is 5.91 Å². The lowest BCUT2D eigenvalue weighted by Crippen LogP contribution is -2.27. The Bertz CT molecular complexity index is 838. The van der Waals surface area contributed by atoms with Crippen molar-refractivity contribution < 1.29 is 4.79 Å². The van der Waals surface area contributed by atoms with Crippen LogP contribution in [0.25, 0.3) is 5.69 Å².